The van der Waals surface area contributed by atoms with Crippen LogP contribution >= 0.6 is 0 Å². The molecule has 0 aromatic rings. The summed E-state index contributed by atoms with van der Waals surface area (Å²) >= 11 is 0. The van der Waals surface area contributed by atoms with Crippen LogP contribution in [0, 0.1) is 0 Å². The standard InChI is InChI=1S/C13H25N/c1-10(2)12(5)8-14(7)9-13(6)11(3)4/h8-9H2,1-7H3. The van der Waals surface area contributed by atoms with E-state index in [1.807, 2.05) is 0 Å². The van der Waals surface area contributed by atoms with Crippen molar-refractivity contribution in [3.05, 3.63) is 22.3 Å². The Morgan fingerprint density at radius 1 is 0.714 bits per heavy atom. The van der Waals surface area contributed by atoms with Gasteiger partial charge in [0.25, 0.3) is 0 Å². The van der Waals surface area contributed by atoms with E-state index in [4.69, 9.17) is 0 Å². The summed E-state index contributed by atoms with van der Waals surface area (Å²) in [5.74, 6) is 0. The van der Waals surface area contributed by atoms with Gasteiger partial charge in [0.2, 0.25) is 0 Å². The number of nitrogens with zero attached hydrogens (tertiary/aromatic N) is 1. The van der Waals surface area contributed by atoms with Crippen LogP contribution in [0.3, 0.4) is 0 Å². The van der Waals surface area contributed by atoms with Crippen LogP contribution in [0.4, 0.5) is 0 Å². The van der Waals surface area contributed by atoms with E-state index >= 15 is 0 Å². The van der Waals surface area contributed by atoms with Crippen LogP contribution in [0.15, 0.2) is 22.3 Å². The molecule has 0 fully saturated rings. The molecule has 1 heteroatoms. The lowest BCUT2D eigenvalue weighted by Crippen LogP contribution is -2.23. The molecule has 0 heterocycles. The van der Waals surface area contributed by atoms with Crippen molar-refractivity contribution in [2.45, 2.75) is 41.5 Å². The molecule has 1 nitrogen and oxygen atoms in total. The molecule has 0 aliphatic carbocycles. The minimum Gasteiger partial charge on any atom is -0.299 e. The highest BCUT2D eigenvalue weighted by atomic mass is 15.1. The molecule has 14 heavy (non-hydrogen) atoms. The van der Waals surface area contributed by atoms with E-state index in [2.05, 4.69) is 53.5 Å². The molecule has 0 atom stereocenters. The lowest BCUT2D eigenvalue weighted by Gasteiger charge is -2.19. The normalized spacial score (nSPS) is 10.3. The SMILES string of the molecule is CC(C)=C(C)CN(C)CC(C)=C(C)C. The van der Waals surface area contributed by atoms with E-state index < -0.39 is 0 Å². The van der Waals surface area contributed by atoms with E-state index in [9.17, 15) is 0 Å². The average Bonchev–Trinajstić information content (AvgIpc) is 2.03. The van der Waals surface area contributed by atoms with E-state index in [1.165, 1.54) is 22.3 Å². The summed E-state index contributed by atoms with van der Waals surface area (Å²) in [6.45, 7) is 15.3. The molecule has 0 amide bonds. The second-order valence-corrected chi connectivity index (χ2v) is 4.73. The van der Waals surface area contributed by atoms with Gasteiger partial charge < -0.3 is 0 Å². The van der Waals surface area contributed by atoms with E-state index in [0.29, 0.717) is 0 Å². The molecule has 0 bridgehead atoms. The van der Waals surface area contributed by atoms with Gasteiger partial charge in [0.1, 0.15) is 0 Å². The summed E-state index contributed by atoms with van der Waals surface area (Å²) in [6, 6.07) is 0. The van der Waals surface area contributed by atoms with Gasteiger partial charge in [-0.15, -0.1) is 0 Å². The van der Waals surface area contributed by atoms with E-state index in [0.717, 1.165) is 13.1 Å². The Labute approximate surface area is 89.5 Å². The third-order valence-corrected chi connectivity index (χ3v) is 2.72. The predicted octanol–water partition coefficient (Wildman–Crippen LogP) is 3.63. The van der Waals surface area contributed by atoms with Gasteiger partial charge in [0.15, 0.2) is 0 Å². The maximum absolute atomic E-state index is 2.37. The van der Waals surface area contributed by atoms with Gasteiger partial charge in [-0.2, -0.15) is 0 Å². The topological polar surface area (TPSA) is 3.24 Å². The Morgan fingerprint density at radius 2 is 1.00 bits per heavy atom. The fraction of sp³-hybridized carbons (Fsp3) is 0.692. The smallest absolute Gasteiger partial charge is 0.0192 e. The summed E-state index contributed by atoms with van der Waals surface area (Å²) in [5.41, 5.74) is 5.83. The Kier molecular flexibility index (Phi) is 5.78. The zero-order valence-electron chi connectivity index (χ0n) is 10.9. The maximum atomic E-state index is 2.37. The fourth-order valence-electron chi connectivity index (χ4n) is 1.18. The molecule has 0 aromatic carbocycles. The van der Waals surface area contributed by atoms with Crippen LogP contribution in [0.2, 0.25) is 0 Å². The molecular formula is C13H25N. The lowest BCUT2D eigenvalue weighted by atomic mass is 10.1. The van der Waals surface area contributed by atoms with Gasteiger partial charge in [-0.05, 0) is 48.6 Å². The number of rotatable bonds is 4. The van der Waals surface area contributed by atoms with Gasteiger partial charge >= 0.3 is 0 Å². The largest absolute Gasteiger partial charge is 0.299 e. The summed E-state index contributed by atoms with van der Waals surface area (Å²) in [7, 11) is 2.18. The highest BCUT2D eigenvalue weighted by Gasteiger charge is 2.02. The first-order valence-corrected chi connectivity index (χ1v) is 5.29. The zero-order chi connectivity index (χ0) is 11.3. The third kappa shape index (κ3) is 5.23. The van der Waals surface area contributed by atoms with Crippen molar-refractivity contribution in [2.75, 3.05) is 20.1 Å². The van der Waals surface area contributed by atoms with Crippen molar-refractivity contribution in [3.63, 3.8) is 0 Å². The highest BCUT2D eigenvalue weighted by molar-refractivity contribution is 5.12. The molecule has 0 aromatic heterocycles. The lowest BCUT2D eigenvalue weighted by molar-refractivity contribution is 0.391. The zero-order valence-corrected chi connectivity index (χ0v) is 10.9. The van der Waals surface area contributed by atoms with Crippen LogP contribution in [-0.2, 0) is 0 Å². The van der Waals surface area contributed by atoms with Crippen LogP contribution in [0.1, 0.15) is 41.5 Å². The third-order valence-electron chi connectivity index (χ3n) is 2.72. The first-order chi connectivity index (χ1) is 6.34. The van der Waals surface area contributed by atoms with Crippen LogP contribution in [0.25, 0.3) is 0 Å². The molecule has 0 spiro atoms. The van der Waals surface area contributed by atoms with Crippen LogP contribution in [0.5, 0.6) is 0 Å². The Morgan fingerprint density at radius 3 is 1.21 bits per heavy atom. The molecule has 0 unspecified atom stereocenters. The molecule has 0 rings (SSSR count). The first kappa shape index (κ1) is 13.4. The van der Waals surface area contributed by atoms with Gasteiger partial charge in [0.05, 0.1) is 0 Å². The minimum absolute atomic E-state index is 1.08. The minimum atomic E-state index is 1.08. The molecular weight excluding hydrogens is 170 g/mol. The number of hydrogen-bond acceptors (Lipinski definition) is 1. The number of allylic oxidation sites excluding steroid dienone is 2. The summed E-state index contributed by atoms with van der Waals surface area (Å²) in [5, 5.41) is 0. The second kappa shape index (κ2) is 6.02. The Balaban J connectivity index is 4.20. The molecule has 0 saturated carbocycles. The van der Waals surface area contributed by atoms with E-state index in [1.54, 1.807) is 0 Å². The van der Waals surface area contributed by atoms with E-state index in [-0.39, 0.29) is 0 Å². The Hall–Kier alpha value is -0.560. The second-order valence-electron chi connectivity index (χ2n) is 4.73. The monoisotopic (exact) mass is 195 g/mol. The summed E-state index contributed by atoms with van der Waals surface area (Å²) < 4.78 is 0. The number of likely N-dealkylation sites (N-methyl/N-ethyl adjacent to an activating group) is 1. The van der Waals surface area contributed by atoms with Crippen molar-refractivity contribution in [1.82, 2.24) is 4.90 Å². The van der Waals surface area contributed by atoms with Crippen molar-refractivity contribution in [2.24, 2.45) is 0 Å². The molecule has 0 saturated heterocycles. The molecule has 0 aliphatic heterocycles. The van der Waals surface area contributed by atoms with Gasteiger partial charge in [-0.1, -0.05) is 22.3 Å². The fourth-order valence-corrected chi connectivity index (χ4v) is 1.18. The van der Waals surface area contributed by atoms with Crippen molar-refractivity contribution in [3.8, 4) is 0 Å². The van der Waals surface area contributed by atoms with Crippen LogP contribution < -0.4 is 0 Å². The van der Waals surface area contributed by atoms with Gasteiger partial charge in [-0.25, -0.2) is 0 Å². The highest BCUT2D eigenvalue weighted by Crippen LogP contribution is 2.07. The predicted molar refractivity (Wildman–Crippen MR) is 65.6 cm³/mol. The molecule has 82 valence electrons. The summed E-state index contributed by atoms with van der Waals surface area (Å²) in [6.07, 6.45) is 0. The Bertz CT molecular complexity index is 212. The van der Waals surface area contributed by atoms with Crippen molar-refractivity contribution in [1.29, 1.82) is 0 Å². The van der Waals surface area contributed by atoms with Crippen molar-refractivity contribution >= 4 is 0 Å². The maximum Gasteiger partial charge on any atom is 0.0192 e. The average molecular weight is 195 g/mol. The van der Waals surface area contributed by atoms with Gasteiger partial charge in [-0.3, -0.25) is 4.90 Å². The number of hydrogen-bond donors (Lipinski definition) is 0. The first-order valence-electron chi connectivity index (χ1n) is 5.29. The molecule has 0 radical (unpaired) electrons. The molecule has 0 aliphatic rings. The van der Waals surface area contributed by atoms with Crippen molar-refractivity contribution < 1.29 is 0 Å². The van der Waals surface area contributed by atoms with Gasteiger partial charge in [0, 0.05) is 13.1 Å². The molecule has 0 N–H and O–H groups in total. The summed E-state index contributed by atoms with van der Waals surface area (Å²) in [4.78, 5) is 2.37. The quantitative estimate of drug-likeness (QED) is 0.619. The van der Waals surface area contributed by atoms with Crippen LogP contribution in [-0.4, -0.2) is 25.0 Å².